The molecule has 0 bridgehead atoms. The lowest BCUT2D eigenvalue weighted by atomic mass is 10.1. The molecule has 1 amide bonds. The molecule has 5 rings (SSSR count). The van der Waals surface area contributed by atoms with Gasteiger partial charge in [-0.2, -0.15) is 9.20 Å². The number of fused-ring (bicyclic) bond motifs is 2. The lowest BCUT2D eigenvalue weighted by molar-refractivity contribution is -0.123. The average molecular weight is 448 g/mol. The molecule has 33 heavy (non-hydrogen) atoms. The molecule has 0 aliphatic heterocycles. The van der Waals surface area contributed by atoms with E-state index in [0.29, 0.717) is 29.5 Å². The van der Waals surface area contributed by atoms with Gasteiger partial charge in [0.05, 0.1) is 17.5 Å². The van der Waals surface area contributed by atoms with Gasteiger partial charge in [0, 0.05) is 13.5 Å². The summed E-state index contributed by atoms with van der Waals surface area (Å²) in [5, 5.41) is 26.4. The Morgan fingerprint density at radius 1 is 1.21 bits per heavy atom. The van der Waals surface area contributed by atoms with E-state index in [0.717, 1.165) is 22.4 Å². The summed E-state index contributed by atoms with van der Waals surface area (Å²) in [6.45, 7) is 1.67. The first-order valence-corrected chi connectivity index (χ1v) is 9.86. The minimum Gasteiger partial charge on any atom is -0.483 e. The molecule has 0 aliphatic carbocycles. The summed E-state index contributed by atoms with van der Waals surface area (Å²) in [5.41, 5.74) is 3.55. The number of imidazole rings is 1. The normalized spacial score (nSPS) is 10.7. The van der Waals surface area contributed by atoms with E-state index in [1.165, 1.54) is 6.33 Å². The Labute approximate surface area is 186 Å². The van der Waals surface area contributed by atoms with Crippen LogP contribution >= 0.6 is 0 Å². The van der Waals surface area contributed by atoms with Crippen LogP contribution in [-0.4, -0.2) is 69.1 Å². The van der Waals surface area contributed by atoms with Crippen molar-refractivity contribution in [2.75, 3.05) is 7.05 Å². The molecule has 13 nitrogen and oxygen atoms in total. The van der Waals surface area contributed by atoms with Crippen molar-refractivity contribution in [3.63, 3.8) is 0 Å². The zero-order valence-electron chi connectivity index (χ0n) is 17.8. The lowest BCUT2D eigenvalue weighted by Gasteiger charge is -2.05. The Morgan fingerprint density at radius 3 is 2.82 bits per heavy atom. The summed E-state index contributed by atoms with van der Waals surface area (Å²) in [5.74, 6) is 2.37. The molecule has 0 saturated carbocycles. The van der Waals surface area contributed by atoms with Gasteiger partial charge < -0.3 is 15.4 Å². The first-order valence-electron chi connectivity index (χ1n) is 9.86. The van der Waals surface area contributed by atoms with Crippen LogP contribution in [0.25, 0.3) is 22.5 Å². The van der Waals surface area contributed by atoms with Gasteiger partial charge in [0.2, 0.25) is 5.91 Å². The number of aromatic amines is 1. The number of hydrogen-bond acceptors (Lipinski definition) is 8. The van der Waals surface area contributed by atoms with Crippen molar-refractivity contribution in [1.29, 1.82) is 0 Å². The zero-order valence-corrected chi connectivity index (χ0v) is 17.8. The van der Waals surface area contributed by atoms with Crippen LogP contribution in [0.3, 0.4) is 0 Å². The van der Waals surface area contributed by atoms with E-state index in [-0.39, 0.29) is 18.8 Å². The molecule has 0 fully saturated rings. The number of aryl methyl sites for hydroxylation is 1. The molecule has 0 unspecified atom stereocenters. The van der Waals surface area contributed by atoms with Crippen LogP contribution in [0.5, 0.6) is 0 Å². The summed E-state index contributed by atoms with van der Waals surface area (Å²) in [4.78, 5) is 32.5. The molecule has 168 valence electrons. The Bertz CT molecular complexity index is 1430. The molecule has 4 aromatic heterocycles. The van der Waals surface area contributed by atoms with Crippen molar-refractivity contribution in [1.82, 2.24) is 49.9 Å². The van der Waals surface area contributed by atoms with Crippen LogP contribution in [-0.2, 0) is 22.4 Å². The highest BCUT2D eigenvalue weighted by atomic mass is 16.3. The maximum absolute atomic E-state index is 11.8. The van der Waals surface area contributed by atoms with E-state index < -0.39 is 0 Å². The zero-order chi connectivity index (χ0) is 23.4. The van der Waals surface area contributed by atoms with Crippen LogP contribution in [0.15, 0.2) is 36.7 Å². The minimum atomic E-state index is -0.250. The Hall–Kier alpha value is -4.68. The predicted molar refractivity (Wildman–Crippen MR) is 116 cm³/mol. The number of amides is 1. The van der Waals surface area contributed by atoms with Gasteiger partial charge in [-0.05, 0) is 36.8 Å². The highest BCUT2D eigenvalue weighted by molar-refractivity contribution is 5.77. The van der Waals surface area contributed by atoms with Gasteiger partial charge in [-0.15, -0.1) is 20.4 Å². The van der Waals surface area contributed by atoms with Gasteiger partial charge >= 0.3 is 0 Å². The second kappa shape index (κ2) is 9.21. The fourth-order valence-corrected chi connectivity index (χ4v) is 3.30. The van der Waals surface area contributed by atoms with Crippen LogP contribution in [0.1, 0.15) is 23.0 Å². The number of hydrogen-bond donors (Lipinski definition) is 3. The minimum absolute atomic E-state index is 0.0875. The first kappa shape index (κ1) is 21.5. The molecule has 0 aliphatic rings. The lowest BCUT2D eigenvalue weighted by Crippen LogP contribution is -2.20. The maximum Gasteiger partial charge on any atom is 0.290 e. The van der Waals surface area contributed by atoms with E-state index >= 15 is 0 Å². The van der Waals surface area contributed by atoms with E-state index in [9.17, 15) is 4.79 Å². The summed E-state index contributed by atoms with van der Waals surface area (Å²) in [6.07, 6.45) is 2.12. The highest BCUT2D eigenvalue weighted by Gasteiger charge is 2.16. The maximum atomic E-state index is 11.8. The number of H-pyrrole nitrogens is 1. The van der Waals surface area contributed by atoms with Crippen molar-refractivity contribution in [3.8, 4) is 5.82 Å². The van der Waals surface area contributed by atoms with Crippen molar-refractivity contribution in [3.05, 3.63) is 59.7 Å². The first-order chi connectivity index (χ1) is 16.0. The van der Waals surface area contributed by atoms with E-state index in [1.54, 1.807) is 28.4 Å². The largest absolute Gasteiger partial charge is 0.483 e. The molecule has 4 heterocycles. The number of carboxylic acid groups (broad SMARTS) is 1. The molecule has 0 spiro atoms. The molecule has 5 aromatic rings. The third-order valence-corrected chi connectivity index (χ3v) is 4.71. The fraction of sp³-hybridized carbons (Fsp3) is 0.200. The van der Waals surface area contributed by atoms with Crippen molar-refractivity contribution in [2.45, 2.75) is 19.8 Å². The average Bonchev–Trinajstić information content (AvgIpc) is 3.51. The van der Waals surface area contributed by atoms with Gasteiger partial charge in [-0.25, -0.2) is 9.97 Å². The molecular weight excluding hydrogens is 428 g/mol. The molecule has 1 aromatic carbocycles. The quantitative estimate of drug-likeness (QED) is 0.323. The standard InChI is InChI=1S/C19H18N10O.CH2O2/c1-11-22-13-4-3-12(7-14(13)23-11)8-18-24-15(9-19(30)20-2)26-29(18)17-6-5-16-25-21-10-28(16)27-17;2-1-3/h3-7,10H,8-9H2,1-2H3,(H,20,30)(H,22,23);1H,(H,2,3). The molecular formula is C20H20N10O3. The van der Waals surface area contributed by atoms with Gasteiger partial charge in [-0.1, -0.05) is 6.07 Å². The van der Waals surface area contributed by atoms with Gasteiger partial charge in [0.25, 0.3) is 6.47 Å². The Morgan fingerprint density at radius 2 is 2.03 bits per heavy atom. The number of carbonyl (C=O) groups is 2. The van der Waals surface area contributed by atoms with Gasteiger partial charge in [0.15, 0.2) is 17.3 Å². The summed E-state index contributed by atoms with van der Waals surface area (Å²) in [6, 6.07) is 9.63. The molecule has 13 heteroatoms. The third-order valence-electron chi connectivity index (χ3n) is 4.71. The number of rotatable bonds is 5. The number of aromatic nitrogens is 9. The van der Waals surface area contributed by atoms with E-state index in [4.69, 9.17) is 9.90 Å². The van der Waals surface area contributed by atoms with E-state index in [2.05, 4.69) is 40.7 Å². The fourth-order valence-electron chi connectivity index (χ4n) is 3.30. The van der Waals surface area contributed by atoms with Crippen LogP contribution in [0.4, 0.5) is 0 Å². The summed E-state index contributed by atoms with van der Waals surface area (Å²) >= 11 is 0. The monoisotopic (exact) mass is 448 g/mol. The Kier molecular flexibility index (Phi) is 6.02. The number of benzene rings is 1. The second-order valence-corrected chi connectivity index (χ2v) is 6.99. The third kappa shape index (κ3) is 4.66. The number of nitrogens with one attached hydrogen (secondary N) is 2. The smallest absolute Gasteiger partial charge is 0.290 e. The summed E-state index contributed by atoms with van der Waals surface area (Å²) < 4.78 is 3.22. The molecule has 3 N–H and O–H groups in total. The second-order valence-electron chi connectivity index (χ2n) is 6.99. The number of likely N-dealkylation sites (N-methyl/N-ethyl adjacent to an activating group) is 1. The Balaban J connectivity index is 0.000000821. The highest BCUT2D eigenvalue weighted by Crippen LogP contribution is 2.18. The molecule has 0 saturated heterocycles. The van der Waals surface area contributed by atoms with Crippen molar-refractivity contribution >= 4 is 29.1 Å². The topological polar surface area (TPSA) is 169 Å². The summed E-state index contributed by atoms with van der Waals surface area (Å²) in [7, 11) is 1.59. The van der Waals surface area contributed by atoms with Crippen LogP contribution in [0.2, 0.25) is 0 Å². The van der Waals surface area contributed by atoms with Crippen LogP contribution in [0, 0.1) is 6.92 Å². The van der Waals surface area contributed by atoms with Gasteiger partial charge in [0.1, 0.15) is 18.0 Å². The number of carbonyl (C=O) groups excluding carboxylic acids is 1. The SMILES string of the molecule is CNC(=O)Cc1nc(Cc2ccc3nc(C)[nH]c3c2)n(-c2ccc3nncn3n2)n1.O=CO. The molecule has 0 radical (unpaired) electrons. The van der Waals surface area contributed by atoms with Crippen LogP contribution < -0.4 is 5.32 Å². The number of nitrogens with zero attached hydrogens (tertiary/aromatic N) is 8. The predicted octanol–water partition coefficient (Wildman–Crippen LogP) is 0.470. The van der Waals surface area contributed by atoms with Gasteiger partial charge in [-0.3, -0.25) is 9.59 Å². The van der Waals surface area contributed by atoms with Crippen molar-refractivity contribution < 1.29 is 14.7 Å². The molecule has 0 atom stereocenters. The van der Waals surface area contributed by atoms with Crippen molar-refractivity contribution in [2.24, 2.45) is 0 Å². The van der Waals surface area contributed by atoms with E-state index in [1.807, 2.05) is 25.1 Å².